The number of rotatable bonds is 4. The quantitative estimate of drug-likeness (QED) is 0.869. The predicted molar refractivity (Wildman–Crippen MR) is 87.8 cm³/mol. The van der Waals surface area contributed by atoms with Crippen LogP contribution in [-0.2, 0) is 11.3 Å². The molecular formula is C16H20N4OS. The minimum absolute atomic E-state index is 0.0411. The Morgan fingerprint density at radius 3 is 3.14 bits per heavy atom. The van der Waals surface area contributed by atoms with Crippen LogP contribution >= 0.6 is 11.3 Å². The van der Waals surface area contributed by atoms with Crippen LogP contribution in [-0.4, -0.2) is 40.9 Å². The Hall–Kier alpha value is -1.95. The highest BCUT2D eigenvalue weighted by Gasteiger charge is 2.28. The Labute approximate surface area is 134 Å². The number of piperidine rings is 1. The summed E-state index contributed by atoms with van der Waals surface area (Å²) in [6.07, 6.45) is 7.10. The van der Waals surface area contributed by atoms with Crippen molar-refractivity contribution in [2.45, 2.75) is 19.4 Å². The van der Waals surface area contributed by atoms with Crippen molar-refractivity contribution in [2.24, 2.45) is 5.92 Å². The van der Waals surface area contributed by atoms with Gasteiger partial charge in [-0.15, -0.1) is 0 Å². The van der Waals surface area contributed by atoms with Crippen LogP contribution in [0.5, 0.6) is 0 Å². The number of carbonyl (C=O) groups is 1. The molecule has 0 unspecified atom stereocenters. The Morgan fingerprint density at radius 2 is 2.41 bits per heavy atom. The lowest BCUT2D eigenvalue weighted by Crippen LogP contribution is -2.43. The number of amides is 1. The maximum absolute atomic E-state index is 12.7. The first-order chi connectivity index (χ1) is 10.7. The molecule has 5 nitrogen and oxygen atoms in total. The highest BCUT2D eigenvalue weighted by Crippen LogP contribution is 2.23. The molecule has 2 aromatic rings. The van der Waals surface area contributed by atoms with Crippen LogP contribution in [0, 0.1) is 5.92 Å². The van der Waals surface area contributed by atoms with Gasteiger partial charge >= 0.3 is 0 Å². The van der Waals surface area contributed by atoms with E-state index in [2.05, 4.69) is 26.3 Å². The third-order valence-electron chi connectivity index (χ3n) is 4.02. The molecule has 1 aliphatic rings. The van der Waals surface area contributed by atoms with Crippen molar-refractivity contribution >= 4 is 23.1 Å². The van der Waals surface area contributed by atoms with Gasteiger partial charge in [0.25, 0.3) is 0 Å². The fourth-order valence-corrected chi connectivity index (χ4v) is 3.55. The number of aromatic nitrogens is 2. The first-order valence-electron chi connectivity index (χ1n) is 7.51. The third-order valence-corrected chi connectivity index (χ3v) is 4.75. The van der Waals surface area contributed by atoms with Gasteiger partial charge in [-0.25, -0.2) is 4.98 Å². The van der Waals surface area contributed by atoms with Crippen LogP contribution in [0.25, 0.3) is 0 Å². The number of nitrogens with zero attached hydrogens (tertiary/aromatic N) is 4. The summed E-state index contributed by atoms with van der Waals surface area (Å²) in [6, 6.07) is 2.07. The summed E-state index contributed by atoms with van der Waals surface area (Å²) in [5.41, 5.74) is 1.20. The summed E-state index contributed by atoms with van der Waals surface area (Å²) < 4.78 is 0. The summed E-state index contributed by atoms with van der Waals surface area (Å²) in [6.45, 7) is 2.35. The molecule has 116 valence electrons. The number of anilines is 1. The molecule has 0 saturated carbocycles. The van der Waals surface area contributed by atoms with Gasteiger partial charge in [-0.05, 0) is 35.2 Å². The zero-order valence-corrected chi connectivity index (χ0v) is 13.5. The van der Waals surface area contributed by atoms with Crippen molar-refractivity contribution in [3.63, 3.8) is 0 Å². The molecule has 6 heteroatoms. The molecule has 22 heavy (non-hydrogen) atoms. The molecule has 2 aromatic heterocycles. The van der Waals surface area contributed by atoms with Gasteiger partial charge in [0.1, 0.15) is 5.82 Å². The molecule has 0 aromatic carbocycles. The zero-order chi connectivity index (χ0) is 15.4. The molecule has 0 spiro atoms. The maximum atomic E-state index is 12.7. The smallest absolute Gasteiger partial charge is 0.227 e. The standard InChI is InChI=1S/C16H20N4OS/c1-19(10-13-4-8-22-12-13)16(21)14-3-2-7-20(11-14)15-9-17-5-6-18-15/h4-6,8-9,12,14H,2-3,7,10-11H2,1H3/t14-/m1/s1. The molecule has 3 heterocycles. The lowest BCUT2D eigenvalue weighted by atomic mass is 9.96. The summed E-state index contributed by atoms with van der Waals surface area (Å²) >= 11 is 1.67. The van der Waals surface area contributed by atoms with Gasteiger partial charge in [0.05, 0.1) is 12.1 Å². The molecule has 0 aliphatic carbocycles. The molecule has 1 fully saturated rings. The van der Waals surface area contributed by atoms with E-state index in [0.29, 0.717) is 6.54 Å². The molecule has 3 rings (SSSR count). The number of hydrogen-bond acceptors (Lipinski definition) is 5. The van der Waals surface area contributed by atoms with Crippen molar-refractivity contribution in [3.8, 4) is 0 Å². The third kappa shape index (κ3) is 3.44. The second kappa shape index (κ2) is 6.87. The van der Waals surface area contributed by atoms with Crippen LogP contribution in [0.4, 0.5) is 5.82 Å². The van der Waals surface area contributed by atoms with E-state index in [4.69, 9.17) is 0 Å². The topological polar surface area (TPSA) is 49.3 Å². The number of thiophene rings is 1. The van der Waals surface area contributed by atoms with E-state index in [1.165, 1.54) is 5.56 Å². The van der Waals surface area contributed by atoms with Crippen molar-refractivity contribution in [1.82, 2.24) is 14.9 Å². The molecule has 1 atom stereocenters. The monoisotopic (exact) mass is 316 g/mol. The maximum Gasteiger partial charge on any atom is 0.227 e. The Balaban J connectivity index is 1.62. The Morgan fingerprint density at radius 1 is 1.50 bits per heavy atom. The van der Waals surface area contributed by atoms with E-state index in [-0.39, 0.29) is 11.8 Å². The highest BCUT2D eigenvalue weighted by atomic mass is 32.1. The molecule has 0 bridgehead atoms. The lowest BCUT2D eigenvalue weighted by molar-refractivity contribution is -0.135. The van der Waals surface area contributed by atoms with Crippen LogP contribution in [0.3, 0.4) is 0 Å². The van der Waals surface area contributed by atoms with Gasteiger partial charge in [0.2, 0.25) is 5.91 Å². The first kappa shape index (κ1) is 15.0. The SMILES string of the molecule is CN(Cc1ccsc1)C(=O)[C@@H]1CCCN(c2cnccn2)C1. The predicted octanol–water partition coefficient (Wildman–Crippen LogP) is 2.41. The van der Waals surface area contributed by atoms with Crippen molar-refractivity contribution in [1.29, 1.82) is 0 Å². The van der Waals surface area contributed by atoms with Crippen LogP contribution in [0.2, 0.25) is 0 Å². The van der Waals surface area contributed by atoms with Crippen molar-refractivity contribution in [2.75, 3.05) is 25.0 Å². The van der Waals surface area contributed by atoms with E-state index in [9.17, 15) is 4.79 Å². The van der Waals surface area contributed by atoms with Gasteiger partial charge in [-0.1, -0.05) is 0 Å². The first-order valence-corrected chi connectivity index (χ1v) is 8.45. The van der Waals surface area contributed by atoms with E-state index < -0.39 is 0 Å². The Kier molecular flexibility index (Phi) is 4.68. The average molecular weight is 316 g/mol. The molecule has 1 saturated heterocycles. The van der Waals surface area contributed by atoms with Crippen LogP contribution in [0.1, 0.15) is 18.4 Å². The number of carbonyl (C=O) groups excluding carboxylic acids is 1. The summed E-state index contributed by atoms with van der Waals surface area (Å²) in [5.74, 6) is 1.12. The fourth-order valence-electron chi connectivity index (χ4n) is 2.89. The average Bonchev–Trinajstić information content (AvgIpc) is 3.08. The second-order valence-corrected chi connectivity index (χ2v) is 6.45. The van der Waals surface area contributed by atoms with Gasteiger partial charge < -0.3 is 9.80 Å². The van der Waals surface area contributed by atoms with E-state index in [1.807, 2.05) is 17.3 Å². The summed E-state index contributed by atoms with van der Waals surface area (Å²) in [7, 11) is 1.89. The normalized spacial score (nSPS) is 18.2. The number of hydrogen-bond donors (Lipinski definition) is 0. The molecular weight excluding hydrogens is 296 g/mol. The molecule has 0 N–H and O–H groups in total. The van der Waals surface area contributed by atoms with Gasteiger partial charge in [0, 0.05) is 39.1 Å². The second-order valence-electron chi connectivity index (χ2n) is 5.67. The zero-order valence-electron chi connectivity index (χ0n) is 12.7. The molecule has 1 amide bonds. The van der Waals surface area contributed by atoms with Crippen molar-refractivity contribution in [3.05, 3.63) is 41.0 Å². The molecule has 0 radical (unpaired) electrons. The summed E-state index contributed by atoms with van der Waals surface area (Å²) in [4.78, 5) is 25.1. The van der Waals surface area contributed by atoms with Crippen LogP contribution < -0.4 is 4.90 Å². The lowest BCUT2D eigenvalue weighted by Gasteiger charge is -2.34. The van der Waals surface area contributed by atoms with E-state index in [1.54, 1.807) is 29.9 Å². The van der Waals surface area contributed by atoms with Gasteiger partial charge in [-0.3, -0.25) is 9.78 Å². The minimum Gasteiger partial charge on any atom is -0.355 e. The van der Waals surface area contributed by atoms with Crippen LogP contribution in [0.15, 0.2) is 35.4 Å². The van der Waals surface area contributed by atoms with E-state index >= 15 is 0 Å². The van der Waals surface area contributed by atoms with Gasteiger partial charge in [-0.2, -0.15) is 11.3 Å². The largest absolute Gasteiger partial charge is 0.355 e. The summed E-state index contributed by atoms with van der Waals surface area (Å²) in [5, 5.41) is 4.14. The molecule has 1 aliphatic heterocycles. The fraction of sp³-hybridized carbons (Fsp3) is 0.438. The highest BCUT2D eigenvalue weighted by molar-refractivity contribution is 7.07. The van der Waals surface area contributed by atoms with Crippen molar-refractivity contribution < 1.29 is 4.79 Å². The van der Waals surface area contributed by atoms with E-state index in [0.717, 1.165) is 31.7 Å². The van der Waals surface area contributed by atoms with Gasteiger partial charge in [0.15, 0.2) is 0 Å². The Bertz CT molecular complexity index is 602. The minimum atomic E-state index is 0.0411.